The lowest BCUT2D eigenvalue weighted by Gasteiger charge is -2.28. The molecule has 2 atom stereocenters. The summed E-state index contributed by atoms with van der Waals surface area (Å²) < 4.78 is 28.5. The summed E-state index contributed by atoms with van der Waals surface area (Å²) in [6.45, 7) is 5.02. The number of hydrogen-bond donors (Lipinski definition) is 6. The lowest BCUT2D eigenvalue weighted by atomic mass is 9.87. The molecule has 2 aliphatic rings. The number of benzene rings is 2. The average Bonchev–Trinajstić information content (AvgIpc) is 3.63. The van der Waals surface area contributed by atoms with Gasteiger partial charge in [-0.15, -0.1) is 0 Å². The average molecular weight is 593 g/mol. The Kier molecular flexibility index (Phi) is 7.89. The van der Waals surface area contributed by atoms with Crippen LogP contribution in [0.4, 0.5) is 11.6 Å². The van der Waals surface area contributed by atoms with Gasteiger partial charge in [-0.3, -0.25) is 14.4 Å². The Balaban J connectivity index is 1.31. The largest absolute Gasteiger partial charge is 0.480 e. The highest BCUT2D eigenvalue weighted by Crippen LogP contribution is 2.40. The van der Waals surface area contributed by atoms with Gasteiger partial charge in [0.15, 0.2) is 11.7 Å². The zero-order valence-electron chi connectivity index (χ0n) is 23.4. The van der Waals surface area contributed by atoms with Gasteiger partial charge in [0.25, 0.3) is 0 Å². The van der Waals surface area contributed by atoms with Crippen molar-refractivity contribution in [2.45, 2.75) is 51.1 Å². The molecule has 0 radical (unpaired) electrons. The molecule has 1 saturated carbocycles. The number of Topliss-reactive ketones (excluding diaryl/α,β-unsaturated/α-hetero) is 1. The summed E-state index contributed by atoms with van der Waals surface area (Å²) >= 11 is 0. The molecule has 1 aliphatic heterocycles. The molecule has 1 amide bonds. The molecule has 6 N–H and O–H groups in total. The lowest BCUT2D eigenvalue weighted by Crippen LogP contribution is -2.50. The SMILES string of the molecule is Cc1cc(C)c(S(=O)(=O)NC(CNC(=O)C2C(=O)c3ccc(CNc4ncc[nH]4)cc3NC2=C2CC2)C(=O)O)c(C)c1. The van der Waals surface area contributed by atoms with Crippen LogP contribution in [0.25, 0.3) is 0 Å². The van der Waals surface area contributed by atoms with Crippen molar-refractivity contribution in [1.29, 1.82) is 0 Å². The van der Waals surface area contributed by atoms with Gasteiger partial charge in [0.2, 0.25) is 15.9 Å². The first-order chi connectivity index (χ1) is 19.9. The van der Waals surface area contributed by atoms with E-state index in [2.05, 4.69) is 30.6 Å². The third kappa shape index (κ3) is 6.06. The molecule has 2 aromatic carbocycles. The van der Waals surface area contributed by atoms with E-state index in [4.69, 9.17) is 0 Å². The van der Waals surface area contributed by atoms with Gasteiger partial charge in [-0.25, -0.2) is 13.4 Å². The van der Waals surface area contributed by atoms with E-state index in [9.17, 15) is 27.9 Å². The van der Waals surface area contributed by atoms with Gasteiger partial charge in [0.05, 0.1) is 4.90 Å². The molecule has 0 saturated heterocycles. The smallest absolute Gasteiger partial charge is 0.323 e. The Labute approximate surface area is 243 Å². The third-order valence-corrected chi connectivity index (χ3v) is 9.00. The number of carboxylic acids is 1. The van der Waals surface area contributed by atoms with Gasteiger partial charge in [0.1, 0.15) is 12.0 Å². The molecule has 1 aromatic heterocycles. The number of carboxylic acid groups (broad SMARTS) is 1. The Morgan fingerprint density at radius 3 is 2.45 bits per heavy atom. The highest BCUT2D eigenvalue weighted by atomic mass is 32.2. The number of hydrogen-bond acceptors (Lipinski definition) is 8. The first-order valence-corrected chi connectivity index (χ1v) is 14.9. The number of carbonyl (C=O) groups is 3. The molecule has 3 aromatic rings. The maximum Gasteiger partial charge on any atom is 0.323 e. The van der Waals surface area contributed by atoms with Crippen LogP contribution in [0, 0.1) is 26.7 Å². The van der Waals surface area contributed by atoms with Crippen molar-refractivity contribution in [3.63, 3.8) is 0 Å². The second-order valence-electron chi connectivity index (χ2n) is 10.6. The quantitative estimate of drug-likeness (QED) is 0.193. The summed E-state index contributed by atoms with van der Waals surface area (Å²) in [5, 5.41) is 18.7. The van der Waals surface area contributed by atoms with Crippen molar-refractivity contribution in [3.05, 3.63) is 81.8 Å². The molecular weight excluding hydrogens is 560 g/mol. The number of aliphatic carboxylic acids is 1. The van der Waals surface area contributed by atoms with E-state index < -0.39 is 46.2 Å². The number of sulfonamides is 1. The van der Waals surface area contributed by atoms with Gasteiger partial charge in [-0.2, -0.15) is 4.72 Å². The van der Waals surface area contributed by atoms with Crippen molar-refractivity contribution in [2.24, 2.45) is 5.92 Å². The molecule has 5 rings (SSSR count). The summed E-state index contributed by atoms with van der Waals surface area (Å²) in [6, 6.07) is 7.01. The number of anilines is 2. The number of nitrogens with zero attached hydrogens (tertiary/aromatic N) is 1. The Hall–Kier alpha value is -4.49. The molecule has 0 spiro atoms. The minimum atomic E-state index is -4.23. The van der Waals surface area contributed by atoms with Crippen LogP contribution in [0.3, 0.4) is 0 Å². The van der Waals surface area contributed by atoms with Crippen LogP contribution in [0.15, 0.2) is 58.9 Å². The van der Waals surface area contributed by atoms with E-state index >= 15 is 0 Å². The molecule has 1 fully saturated rings. The van der Waals surface area contributed by atoms with Crippen LogP contribution in [0.5, 0.6) is 0 Å². The van der Waals surface area contributed by atoms with Gasteiger partial charge in [-0.1, -0.05) is 23.8 Å². The number of aryl methyl sites for hydroxylation is 3. The highest BCUT2D eigenvalue weighted by molar-refractivity contribution is 7.89. The van der Waals surface area contributed by atoms with Crippen molar-refractivity contribution >= 4 is 39.3 Å². The minimum Gasteiger partial charge on any atom is -0.480 e. The lowest BCUT2D eigenvalue weighted by molar-refractivity contribution is -0.138. The van der Waals surface area contributed by atoms with Crippen LogP contribution in [-0.4, -0.2) is 53.7 Å². The Morgan fingerprint density at radius 2 is 1.83 bits per heavy atom. The number of aromatic nitrogens is 2. The number of carbonyl (C=O) groups excluding carboxylic acids is 2. The molecule has 2 heterocycles. The van der Waals surface area contributed by atoms with E-state index in [1.807, 2.05) is 13.0 Å². The summed E-state index contributed by atoms with van der Waals surface area (Å²) in [4.78, 5) is 46.0. The van der Waals surface area contributed by atoms with E-state index in [1.165, 1.54) is 0 Å². The molecule has 220 valence electrons. The molecule has 12 nitrogen and oxygen atoms in total. The highest BCUT2D eigenvalue weighted by Gasteiger charge is 2.40. The monoisotopic (exact) mass is 592 g/mol. The topological polar surface area (TPSA) is 182 Å². The van der Waals surface area contributed by atoms with E-state index in [1.54, 1.807) is 50.5 Å². The predicted octanol–water partition coefficient (Wildman–Crippen LogP) is 2.77. The van der Waals surface area contributed by atoms with Crippen molar-refractivity contribution < 1.29 is 27.9 Å². The number of imidazole rings is 1. The Morgan fingerprint density at radius 1 is 1.12 bits per heavy atom. The van der Waals surface area contributed by atoms with Crippen molar-refractivity contribution in [2.75, 3.05) is 17.2 Å². The fourth-order valence-corrected chi connectivity index (χ4v) is 6.91. The van der Waals surface area contributed by atoms with E-state index in [-0.39, 0.29) is 4.90 Å². The fourth-order valence-electron chi connectivity index (χ4n) is 5.27. The molecule has 13 heteroatoms. The van der Waals surface area contributed by atoms with Crippen molar-refractivity contribution in [3.8, 4) is 0 Å². The standard InChI is InChI=1S/C29H32N6O6S/c1-15-10-16(2)26(17(3)11-15)42(40,41)35-22(28(38)39)14-32-27(37)23-24(19-5-6-19)34-21-12-18(4-7-20(21)25(23)36)13-33-29-30-8-9-31-29/h4,7-12,22-23,34-35H,5-6,13-14H2,1-3H3,(H,32,37)(H,38,39)(H2,30,31,33). The molecular formula is C29H32N6O6S. The van der Waals surface area contributed by atoms with Gasteiger partial charge in [0, 0.05) is 42.4 Å². The zero-order chi connectivity index (χ0) is 30.2. The molecule has 1 aliphatic carbocycles. The number of ketones is 1. The van der Waals surface area contributed by atoms with E-state index in [0.29, 0.717) is 40.6 Å². The predicted molar refractivity (Wildman–Crippen MR) is 155 cm³/mol. The zero-order valence-corrected chi connectivity index (χ0v) is 24.2. The molecule has 42 heavy (non-hydrogen) atoms. The Bertz CT molecular complexity index is 1680. The normalized spacial score (nSPS) is 16.8. The second kappa shape index (κ2) is 11.4. The van der Waals surface area contributed by atoms with Gasteiger partial charge < -0.3 is 26.0 Å². The maximum atomic E-state index is 13.6. The first kappa shape index (κ1) is 29.0. The maximum absolute atomic E-state index is 13.6. The van der Waals surface area contributed by atoms with Crippen LogP contribution >= 0.6 is 0 Å². The van der Waals surface area contributed by atoms with Gasteiger partial charge >= 0.3 is 5.97 Å². The van der Waals surface area contributed by atoms with Crippen LogP contribution in [-0.2, 0) is 26.2 Å². The first-order valence-electron chi connectivity index (χ1n) is 13.4. The summed E-state index contributed by atoms with van der Waals surface area (Å²) in [6.07, 6.45) is 4.81. The summed E-state index contributed by atoms with van der Waals surface area (Å²) in [7, 11) is -4.23. The van der Waals surface area contributed by atoms with Crippen LogP contribution in [0.2, 0.25) is 0 Å². The number of amides is 1. The minimum absolute atomic E-state index is 0.00609. The fraction of sp³-hybridized carbons (Fsp3) is 0.310. The summed E-state index contributed by atoms with van der Waals surface area (Å²) in [5.41, 5.74) is 5.07. The van der Waals surface area contributed by atoms with Crippen molar-refractivity contribution in [1.82, 2.24) is 20.0 Å². The molecule has 0 bridgehead atoms. The number of H-pyrrole nitrogens is 1. The molecule has 2 unspecified atom stereocenters. The van der Waals surface area contributed by atoms with Crippen LogP contribution in [0.1, 0.15) is 45.5 Å². The number of rotatable bonds is 10. The van der Waals surface area contributed by atoms with E-state index in [0.717, 1.165) is 29.5 Å². The summed E-state index contributed by atoms with van der Waals surface area (Å²) in [5.74, 6) is -3.17. The number of aromatic amines is 1. The van der Waals surface area contributed by atoms with Crippen LogP contribution < -0.4 is 20.7 Å². The number of fused-ring (bicyclic) bond motifs is 1. The third-order valence-electron chi connectivity index (χ3n) is 7.22. The number of allylic oxidation sites excluding steroid dienone is 1. The van der Waals surface area contributed by atoms with Gasteiger partial charge in [-0.05, 0) is 68.0 Å². The second-order valence-corrected chi connectivity index (χ2v) is 12.2. The number of nitrogens with one attached hydrogen (secondary N) is 5.